The number of fused-ring (bicyclic) bond motifs is 1. The minimum Gasteiger partial charge on any atom is -0.508 e. The minimum atomic E-state index is 0.314. The molecule has 1 aliphatic rings. The Balaban J connectivity index is 2.09. The van der Waals surface area contributed by atoms with Crippen LogP contribution in [0, 0.1) is 0 Å². The van der Waals surface area contributed by atoms with Crippen LogP contribution >= 0.6 is 0 Å². The van der Waals surface area contributed by atoms with E-state index in [-0.39, 0.29) is 0 Å². The van der Waals surface area contributed by atoms with Gasteiger partial charge in [0, 0.05) is 37.9 Å². The molecule has 1 aromatic carbocycles. The molecule has 1 aliphatic heterocycles. The van der Waals surface area contributed by atoms with Crippen LogP contribution in [0.25, 0.3) is 11.3 Å². The predicted octanol–water partition coefficient (Wildman–Crippen LogP) is 2.04. The van der Waals surface area contributed by atoms with Crippen LogP contribution in [-0.4, -0.2) is 16.2 Å². The van der Waals surface area contributed by atoms with E-state index in [1.54, 1.807) is 12.1 Å². The van der Waals surface area contributed by atoms with E-state index in [0.29, 0.717) is 5.75 Å². The van der Waals surface area contributed by atoms with Crippen molar-refractivity contribution in [3.63, 3.8) is 0 Å². The van der Waals surface area contributed by atoms with E-state index >= 15 is 0 Å². The summed E-state index contributed by atoms with van der Waals surface area (Å²) in [5.74, 6) is 0.314. The molecule has 3 heteroatoms. The first-order valence-electron chi connectivity index (χ1n) is 5.93. The topological polar surface area (TPSA) is 37.2 Å². The second kappa shape index (κ2) is 3.93. The van der Waals surface area contributed by atoms with Crippen LogP contribution in [0.3, 0.4) is 0 Å². The van der Waals surface area contributed by atoms with Crippen molar-refractivity contribution in [3.8, 4) is 17.0 Å². The van der Waals surface area contributed by atoms with Crippen molar-refractivity contribution >= 4 is 0 Å². The van der Waals surface area contributed by atoms with Gasteiger partial charge in [-0.05, 0) is 41.5 Å². The van der Waals surface area contributed by atoms with Crippen molar-refractivity contribution in [3.05, 3.63) is 41.6 Å². The van der Waals surface area contributed by atoms with E-state index in [2.05, 4.69) is 23.0 Å². The highest BCUT2D eigenvalue weighted by atomic mass is 16.3. The molecule has 0 radical (unpaired) electrons. The Bertz CT molecular complexity index is 540. The van der Waals surface area contributed by atoms with E-state index in [1.807, 2.05) is 12.1 Å². The molecule has 0 aliphatic carbocycles. The number of phenolic OH excluding ortho intramolecular Hbond substituents is 1. The Morgan fingerprint density at radius 2 is 2.00 bits per heavy atom. The van der Waals surface area contributed by atoms with E-state index in [1.165, 1.54) is 17.0 Å². The van der Waals surface area contributed by atoms with Gasteiger partial charge in [0.25, 0.3) is 0 Å². The van der Waals surface area contributed by atoms with Crippen molar-refractivity contribution in [1.29, 1.82) is 0 Å². The maximum absolute atomic E-state index is 9.32. The number of nitrogens with zero attached hydrogens (tertiary/aromatic N) is 1. The lowest BCUT2D eigenvalue weighted by atomic mass is 10.1. The van der Waals surface area contributed by atoms with Crippen LogP contribution < -0.4 is 5.32 Å². The molecular formula is C14H16N2O. The van der Waals surface area contributed by atoms with E-state index in [9.17, 15) is 5.11 Å². The van der Waals surface area contributed by atoms with Gasteiger partial charge < -0.3 is 15.0 Å². The summed E-state index contributed by atoms with van der Waals surface area (Å²) in [4.78, 5) is 0. The zero-order valence-electron chi connectivity index (χ0n) is 9.90. The summed E-state index contributed by atoms with van der Waals surface area (Å²) in [5, 5.41) is 12.7. The van der Waals surface area contributed by atoms with Gasteiger partial charge in [0.2, 0.25) is 0 Å². The zero-order valence-corrected chi connectivity index (χ0v) is 9.90. The lowest BCUT2D eigenvalue weighted by Gasteiger charge is -2.14. The van der Waals surface area contributed by atoms with Crippen LogP contribution in [-0.2, 0) is 20.0 Å². The van der Waals surface area contributed by atoms with Crippen LogP contribution in [0.2, 0.25) is 0 Å². The van der Waals surface area contributed by atoms with Crippen molar-refractivity contribution < 1.29 is 5.11 Å². The molecule has 3 nitrogen and oxygen atoms in total. The largest absolute Gasteiger partial charge is 0.508 e. The van der Waals surface area contributed by atoms with Gasteiger partial charge in [0.15, 0.2) is 0 Å². The molecule has 0 bridgehead atoms. The molecule has 3 rings (SSSR count). The second-order valence-corrected chi connectivity index (χ2v) is 4.53. The number of benzene rings is 1. The molecule has 1 aromatic heterocycles. The Labute approximate surface area is 101 Å². The monoisotopic (exact) mass is 228 g/mol. The van der Waals surface area contributed by atoms with Gasteiger partial charge in [-0.25, -0.2) is 0 Å². The fourth-order valence-corrected chi connectivity index (χ4v) is 2.53. The third kappa shape index (κ3) is 1.72. The number of rotatable bonds is 1. The number of nitrogens with one attached hydrogen (secondary N) is 1. The number of aromatic hydroxyl groups is 1. The molecule has 88 valence electrons. The van der Waals surface area contributed by atoms with Crippen LogP contribution in [0.4, 0.5) is 0 Å². The maximum Gasteiger partial charge on any atom is 0.115 e. The lowest BCUT2D eigenvalue weighted by molar-refractivity contribution is 0.475. The molecule has 0 atom stereocenters. The first kappa shape index (κ1) is 10.4. The Kier molecular flexibility index (Phi) is 2.41. The van der Waals surface area contributed by atoms with Gasteiger partial charge in [-0.3, -0.25) is 0 Å². The van der Waals surface area contributed by atoms with Crippen molar-refractivity contribution in [1.82, 2.24) is 9.88 Å². The number of hydrogen-bond acceptors (Lipinski definition) is 2. The van der Waals surface area contributed by atoms with Crippen molar-refractivity contribution in [2.24, 2.45) is 7.05 Å². The molecule has 0 unspecified atom stereocenters. The van der Waals surface area contributed by atoms with E-state index in [4.69, 9.17) is 0 Å². The van der Waals surface area contributed by atoms with Gasteiger partial charge in [0.1, 0.15) is 5.75 Å². The summed E-state index contributed by atoms with van der Waals surface area (Å²) in [7, 11) is 2.12. The van der Waals surface area contributed by atoms with Crippen molar-refractivity contribution in [2.75, 3.05) is 6.54 Å². The minimum absolute atomic E-state index is 0.314. The molecular weight excluding hydrogens is 212 g/mol. The average Bonchev–Trinajstić information content (AvgIpc) is 2.69. The summed E-state index contributed by atoms with van der Waals surface area (Å²) >= 11 is 0. The first-order chi connectivity index (χ1) is 8.25. The van der Waals surface area contributed by atoms with Crippen molar-refractivity contribution in [2.45, 2.75) is 13.0 Å². The summed E-state index contributed by atoms with van der Waals surface area (Å²) in [6, 6.07) is 9.64. The molecule has 0 saturated carbocycles. The highest BCUT2D eigenvalue weighted by molar-refractivity contribution is 5.63. The smallest absolute Gasteiger partial charge is 0.115 e. The second-order valence-electron chi connectivity index (χ2n) is 4.53. The fraction of sp³-hybridized carbons (Fsp3) is 0.286. The summed E-state index contributed by atoms with van der Waals surface area (Å²) < 4.78 is 2.27. The highest BCUT2D eigenvalue weighted by Crippen LogP contribution is 2.27. The Morgan fingerprint density at radius 1 is 1.24 bits per heavy atom. The van der Waals surface area contributed by atoms with Gasteiger partial charge >= 0.3 is 0 Å². The SMILES string of the molecule is Cn1c(-c2ccc(O)cc2)cc2c1CCNC2. The first-order valence-corrected chi connectivity index (χ1v) is 5.93. The Hall–Kier alpha value is -1.74. The summed E-state index contributed by atoms with van der Waals surface area (Å²) in [6.07, 6.45) is 1.09. The third-order valence-corrected chi connectivity index (χ3v) is 3.46. The molecule has 0 saturated heterocycles. The maximum atomic E-state index is 9.32. The highest BCUT2D eigenvalue weighted by Gasteiger charge is 2.16. The normalized spacial score (nSPS) is 14.6. The zero-order chi connectivity index (χ0) is 11.8. The fourth-order valence-electron chi connectivity index (χ4n) is 2.53. The lowest BCUT2D eigenvalue weighted by Crippen LogP contribution is -2.24. The quantitative estimate of drug-likeness (QED) is 0.783. The number of hydrogen-bond donors (Lipinski definition) is 2. The van der Waals surface area contributed by atoms with Gasteiger partial charge in [-0.1, -0.05) is 0 Å². The third-order valence-electron chi connectivity index (χ3n) is 3.46. The predicted molar refractivity (Wildman–Crippen MR) is 67.9 cm³/mol. The molecule has 2 aromatic rings. The van der Waals surface area contributed by atoms with Crippen LogP contribution in [0.1, 0.15) is 11.3 Å². The molecule has 0 amide bonds. The van der Waals surface area contributed by atoms with Gasteiger partial charge in [0.05, 0.1) is 0 Å². The molecule has 2 N–H and O–H groups in total. The van der Waals surface area contributed by atoms with Gasteiger partial charge in [-0.15, -0.1) is 0 Å². The summed E-state index contributed by atoms with van der Waals surface area (Å²) in [5.41, 5.74) is 5.19. The van der Waals surface area contributed by atoms with Crippen LogP contribution in [0.5, 0.6) is 5.75 Å². The standard InChI is InChI=1S/C14H16N2O/c1-16-13-6-7-15-9-11(13)8-14(16)10-2-4-12(17)5-3-10/h2-5,8,15,17H,6-7,9H2,1H3. The molecule has 17 heavy (non-hydrogen) atoms. The van der Waals surface area contributed by atoms with Crippen LogP contribution in [0.15, 0.2) is 30.3 Å². The van der Waals surface area contributed by atoms with Gasteiger partial charge in [-0.2, -0.15) is 0 Å². The van der Waals surface area contributed by atoms with E-state index in [0.717, 1.165) is 25.1 Å². The molecule has 2 heterocycles. The summed E-state index contributed by atoms with van der Waals surface area (Å²) in [6.45, 7) is 2.02. The van der Waals surface area contributed by atoms with E-state index < -0.39 is 0 Å². The Morgan fingerprint density at radius 3 is 2.71 bits per heavy atom. The number of phenols is 1. The average molecular weight is 228 g/mol. The molecule has 0 spiro atoms. The molecule has 0 fully saturated rings. The number of aromatic nitrogens is 1.